The highest BCUT2D eigenvalue weighted by Gasteiger charge is 2.25. The van der Waals surface area contributed by atoms with E-state index in [1.54, 1.807) is 12.1 Å². The van der Waals surface area contributed by atoms with Crippen LogP contribution in [0.4, 0.5) is 15.8 Å². The number of hydrogen-bond donors (Lipinski definition) is 4. The quantitative estimate of drug-likeness (QED) is 0.558. The second kappa shape index (κ2) is 8.99. The fraction of sp³-hybridized carbons (Fsp3) is 0.333. The highest BCUT2D eigenvalue weighted by molar-refractivity contribution is 6.34. The Balaban J connectivity index is 0.00000256. The van der Waals surface area contributed by atoms with Gasteiger partial charge in [0.1, 0.15) is 5.82 Å². The number of piperazine rings is 1. The van der Waals surface area contributed by atoms with Gasteiger partial charge in [-0.3, -0.25) is 14.5 Å². The van der Waals surface area contributed by atoms with Crippen LogP contribution in [0.15, 0.2) is 18.2 Å². The van der Waals surface area contributed by atoms with Gasteiger partial charge < -0.3 is 20.9 Å². The predicted molar refractivity (Wildman–Crippen MR) is 118 cm³/mol. The molecule has 2 aliphatic rings. The number of halogens is 2. The molecule has 30 heavy (non-hydrogen) atoms. The van der Waals surface area contributed by atoms with Gasteiger partial charge in [0.2, 0.25) is 5.91 Å². The molecule has 9 heteroatoms. The van der Waals surface area contributed by atoms with Crippen LogP contribution in [0.2, 0.25) is 0 Å². The molecule has 0 saturated carbocycles. The molecule has 2 amide bonds. The summed E-state index contributed by atoms with van der Waals surface area (Å²) in [7, 11) is 0. The summed E-state index contributed by atoms with van der Waals surface area (Å²) in [6.07, 6.45) is 1.70. The Bertz CT molecular complexity index is 1010. The van der Waals surface area contributed by atoms with Crippen LogP contribution in [0.3, 0.4) is 0 Å². The predicted octanol–water partition coefficient (Wildman–Crippen LogP) is 2.53. The Labute approximate surface area is 180 Å². The van der Waals surface area contributed by atoms with Gasteiger partial charge in [0.15, 0.2) is 0 Å². The van der Waals surface area contributed by atoms with E-state index in [2.05, 4.69) is 25.8 Å². The average Bonchev–Trinajstić information content (AvgIpc) is 3.13. The van der Waals surface area contributed by atoms with Crippen molar-refractivity contribution >= 4 is 47.2 Å². The molecule has 1 saturated heterocycles. The number of rotatable bonds is 4. The van der Waals surface area contributed by atoms with Gasteiger partial charge in [0, 0.05) is 48.8 Å². The Hall–Kier alpha value is -2.68. The standard InChI is InChI=1S/C21H24FN5O2.ClH/c1-12-18(10-16-15-9-14(22)3-4-17(15)25-21(16)29)24-13(2)20(12)26-19(28)11-27-7-5-23-6-8-27;/h3-4,9-10,23-24H,5-8,11H2,1-2H3,(H,25,29)(H,26,28);1H/b16-10-;. The maximum absolute atomic E-state index is 13.7. The molecule has 1 aromatic heterocycles. The van der Waals surface area contributed by atoms with E-state index in [4.69, 9.17) is 0 Å². The van der Waals surface area contributed by atoms with Gasteiger partial charge in [0.05, 0.1) is 17.8 Å². The van der Waals surface area contributed by atoms with Crippen LogP contribution in [0.25, 0.3) is 11.6 Å². The molecule has 1 aromatic carbocycles. The van der Waals surface area contributed by atoms with Crippen LogP contribution in [-0.4, -0.2) is 54.4 Å². The van der Waals surface area contributed by atoms with Crippen LogP contribution < -0.4 is 16.0 Å². The largest absolute Gasteiger partial charge is 0.357 e. The van der Waals surface area contributed by atoms with Gasteiger partial charge in [-0.25, -0.2) is 4.39 Å². The lowest BCUT2D eigenvalue weighted by Gasteiger charge is -2.26. The maximum atomic E-state index is 13.7. The number of nitrogens with one attached hydrogen (secondary N) is 4. The first-order chi connectivity index (χ1) is 13.9. The summed E-state index contributed by atoms with van der Waals surface area (Å²) in [6, 6.07) is 4.22. The van der Waals surface area contributed by atoms with Crippen molar-refractivity contribution in [3.05, 3.63) is 46.5 Å². The van der Waals surface area contributed by atoms with E-state index in [-0.39, 0.29) is 24.2 Å². The van der Waals surface area contributed by atoms with Gasteiger partial charge in [-0.15, -0.1) is 12.4 Å². The molecule has 3 heterocycles. The summed E-state index contributed by atoms with van der Waals surface area (Å²) < 4.78 is 13.7. The summed E-state index contributed by atoms with van der Waals surface area (Å²) in [5.74, 6) is -0.740. The molecule has 0 spiro atoms. The number of benzene rings is 1. The summed E-state index contributed by atoms with van der Waals surface area (Å²) in [5, 5.41) is 9.00. The molecule has 160 valence electrons. The summed E-state index contributed by atoms with van der Waals surface area (Å²) in [5.41, 5.74) is 4.58. The number of aryl methyl sites for hydroxylation is 1. The molecule has 4 rings (SSSR count). The Kier molecular flexibility index (Phi) is 6.60. The van der Waals surface area contributed by atoms with E-state index in [0.717, 1.165) is 43.1 Å². The molecule has 2 aromatic rings. The summed E-state index contributed by atoms with van der Waals surface area (Å²) in [4.78, 5) is 30.2. The first-order valence-corrected chi connectivity index (χ1v) is 9.67. The van der Waals surface area contributed by atoms with Gasteiger partial charge in [0.25, 0.3) is 5.91 Å². The first-order valence-electron chi connectivity index (χ1n) is 9.67. The third-order valence-corrected chi connectivity index (χ3v) is 5.37. The van der Waals surface area contributed by atoms with Crippen LogP contribution in [0.1, 0.15) is 22.5 Å². The molecule has 7 nitrogen and oxygen atoms in total. The van der Waals surface area contributed by atoms with Crippen molar-refractivity contribution in [2.75, 3.05) is 43.4 Å². The lowest BCUT2D eigenvalue weighted by Crippen LogP contribution is -2.46. The molecule has 0 bridgehead atoms. The second-order valence-electron chi connectivity index (χ2n) is 7.44. The van der Waals surface area contributed by atoms with Crippen LogP contribution in [0.5, 0.6) is 0 Å². The Morgan fingerprint density at radius 3 is 2.73 bits per heavy atom. The SMILES string of the molecule is Cc1[nH]c(/C=C2\C(=O)Nc3ccc(F)cc32)c(C)c1NC(=O)CN1CCNCC1.Cl. The van der Waals surface area contributed by atoms with E-state index in [9.17, 15) is 14.0 Å². The minimum Gasteiger partial charge on any atom is -0.357 e. The van der Waals surface area contributed by atoms with Crippen molar-refractivity contribution in [2.45, 2.75) is 13.8 Å². The molecule has 0 atom stereocenters. The lowest BCUT2D eigenvalue weighted by atomic mass is 10.0. The number of aromatic amines is 1. The number of carbonyl (C=O) groups excluding carboxylic acids is 2. The number of carbonyl (C=O) groups is 2. The highest BCUT2D eigenvalue weighted by atomic mass is 35.5. The smallest absolute Gasteiger partial charge is 0.256 e. The maximum Gasteiger partial charge on any atom is 0.256 e. The van der Waals surface area contributed by atoms with E-state index < -0.39 is 5.82 Å². The minimum absolute atomic E-state index is 0. The number of anilines is 2. The van der Waals surface area contributed by atoms with E-state index in [1.807, 2.05) is 13.8 Å². The molecule has 0 unspecified atom stereocenters. The van der Waals surface area contributed by atoms with Gasteiger partial charge in [-0.05, 0) is 43.7 Å². The zero-order chi connectivity index (χ0) is 20.5. The molecule has 2 aliphatic heterocycles. The number of nitrogens with zero attached hydrogens (tertiary/aromatic N) is 1. The number of amides is 2. The number of H-pyrrole nitrogens is 1. The zero-order valence-corrected chi connectivity index (χ0v) is 17.7. The van der Waals surface area contributed by atoms with Crippen molar-refractivity contribution in [1.29, 1.82) is 0 Å². The Morgan fingerprint density at radius 2 is 2.00 bits per heavy atom. The lowest BCUT2D eigenvalue weighted by molar-refractivity contribution is -0.117. The van der Waals surface area contributed by atoms with Crippen LogP contribution >= 0.6 is 12.4 Å². The molecular weight excluding hydrogens is 409 g/mol. The van der Waals surface area contributed by atoms with Gasteiger partial charge in [-0.2, -0.15) is 0 Å². The fourth-order valence-electron chi connectivity index (χ4n) is 3.81. The highest BCUT2D eigenvalue weighted by Crippen LogP contribution is 2.35. The minimum atomic E-state index is -0.397. The molecule has 1 fully saturated rings. The van der Waals surface area contributed by atoms with Gasteiger partial charge in [-0.1, -0.05) is 0 Å². The van der Waals surface area contributed by atoms with Crippen molar-refractivity contribution in [1.82, 2.24) is 15.2 Å². The Morgan fingerprint density at radius 1 is 1.27 bits per heavy atom. The second-order valence-corrected chi connectivity index (χ2v) is 7.44. The number of aromatic nitrogens is 1. The summed E-state index contributed by atoms with van der Waals surface area (Å²) in [6.45, 7) is 7.57. The van der Waals surface area contributed by atoms with Crippen molar-refractivity contribution in [2.24, 2.45) is 0 Å². The monoisotopic (exact) mass is 433 g/mol. The van der Waals surface area contributed by atoms with Crippen molar-refractivity contribution in [3.63, 3.8) is 0 Å². The summed E-state index contributed by atoms with van der Waals surface area (Å²) >= 11 is 0. The van der Waals surface area contributed by atoms with Crippen LogP contribution in [0, 0.1) is 19.7 Å². The normalized spacial score (nSPS) is 17.4. The number of hydrogen-bond acceptors (Lipinski definition) is 4. The van der Waals surface area contributed by atoms with Crippen molar-refractivity contribution in [3.8, 4) is 0 Å². The third-order valence-electron chi connectivity index (χ3n) is 5.37. The van der Waals surface area contributed by atoms with Crippen LogP contribution in [-0.2, 0) is 9.59 Å². The zero-order valence-electron chi connectivity index (χ0n) is 16.9. The average molecular weight is 434 g/mol. The van der Waals surface area contributed by atoms with Crippen molar-refractivity contribution < 1.29 is 14.0 Å². The van der Waals surface area contributed by atoms with E-state index >= 15 is 0 Å². The van der Waals surface area contributed by atoms with Gasteiger partial charge >= 0.3 is 0 Å². The molecule has 4 N–H and O–H groups in total. The fourth-order valence-corrected chi connectivity index (χ4v) is 3.81. The molecule has 0 aliphatic carbocycles. The van der Waals surface area contributed by atoms with E-state index in [0.29, 0.717) is 29.1 Å². The topological polar surface area (TPSA) is 89.3 Å². The number of fused-ring (bicyclic) bond motifs is 1. The molecular formula is C21H25ClFN5O2. The molecule has 0 radical (unpaired) electrons. The first kappa shape index (κ1) is 22.0. The van der Waals surface area contributed by atoms with E-state index in [1.165, 1.54) is 12.1 Å². The third kappa shape index (κ3) is 4.40.